The third-order valence-electron chi connectivity index (χ3n) is 2.54. The largest absolute Gasteiger partial charge is 0.330 e. The van der Waals surface area contributed by atoms with Crippen molar-refractivity contribution < 1.29 is 0 Å². The lowest BCUT2D eigenvalue weighted by atomic mass is 10.4. The molecule has 0 saturated heterocycles. The third-order valence-corrected chi connectivity index (χ3v) is 2.54. The molecule has 0 aliphatic heterocycles. The van der Waals surface area contributed by atoms with E-state index in [9.17, 15) is 4.79 Å². The van der Waals surface area contributed by atoms with Crippen LogP contribution >= 0.6 is 0 Å². The van der Waals surface area contributed by atoms with Crippen LogP contribution in [0.1, 0.15) is 13.3 Å². The van der Waals surface area contributed by atoms with Gasteiger partial charge >= 0.3 is 5.69 Å². The normalized spacial score (nSPS) is 10.5. The van der Waals surface area contributed by atoms with Crippen LogP contribution in [0, 0.1) is 11.3 Å². The highest BCUT2D eigenvalue weighted by molar-refractivity contribution is 5.71. The Balaban J connectivity index is 2.68. The van der Waals surface area contributed by atoms with Gasteiger partial charge in [-0.15, -0.1) is 0 Å². The van der Waals surface area contributed by atoms with Gasteiger partial charge in [0.2, 0.25) is 0 Å². The van der Waals surface area contributed by atoms with Gasteiger partial charge in [-0.1, -0.05) is 0 Å². The van der Waals surface area contributed by atoms with Gasteiger partial charge in [0.05, 0.1) is 18.0 Å². The second kappa shape index (κ2) is 4.19. The van der Waals surface area contributed by atoms with Gasteiger partial charge in [0.15, 0.2) is 5.65 Å². The van der Waals surface area contributed by atoms with Gasteiger partial charge in [-0.05, 0) is 19.1 Å². The lowest BCUT2D eigenvalue weighted by Gasteiger charge is -1.96. The maximum absolute atomic E-state index is 12.0. The van der Waals surface area contributed by atoms with Crippen molar-refractivity contribution in [2.45, 2.75) is 26.4 Å². The molecule has 0 fully saturated rings. The minimum Gasteiger partial charge on any atom is -0.289 e. The van der Waals surface area contributed by atoms with Crippen LogP contribution in [-0.2, 0) is 13.1 Å². The van der Waals surface area contributed by atoms with Gasteiger partial charge in [0.25, 0.3) is 0 Å². The molecule has 82 valence electrons. The van der Waals surface area contributed by atoms with Crippen molar-refractivity contribution in [1.29, 1.82) is 5.26 Å². The van der Waals surface area contributed by atoms with Gasteiger partial charge in [-0.2, -0.15) is 5.26 Å². The Bertz CT molecular complexity index is 602. The zero-order valence-corrected chi connectivity index (χ0v) is 9.05. The zero-order chi connectivity index (χ0) is 11.5. The van der Waals surface area contributed by atoms with Gasteiger partial charge < -0.3 is 0 Å². The fourth-order valence-electron chi connectivity index (χ4n) is 1.81. The van der Waals surface area contributed by atoms with E-state index in [0.717, 1.165) is 5.52 Å². The standard InChI is InChI=1S/C11H12N4O/c1-2-14-10-9(5-3-7-13-10)15(11(14)16)8-4-6-12/h3,5,7H,2,4,8H2,1H3. The van der Waals surface area contributed by atoms with E-state index in [4.69, 9.17) is 5.26 Å². The van der Waals surface area contributed by atoms with Crippen LogP contribution in [0.3, 0.4) is 0 Å². The summed E-state index contributed by atoms with van der Waals surface area (Å²) in [5.74, 6) is 0. The first kappa shape index (κ1) is 10.4. The first-order valence-electron chi connectivity index (χ1n) is 5.20. The number of rotatable bonds is 3. The minimum absolute atomic E-state index is 0.0912. The van der Waals surface area contributed by atoms with Crippen LogP contribution in [0.2, 0.25) is 0 Å². The Morgan fingerprint density at radius 1 is 1.50 bits per heavy atom. The molecule has 0 aliphatic rings. The van der Waals surface area contributed by atoms with Crippen molar-refractivity contribution in [3.05, 3.63) is 28.8 Å². The van der Waals surface area contributed by atoms with E-state index in [1.807, 2.05) is 19.1 Å². The van der Waals surface area contributed by atoms with E-state index in [1.165, 1.54) is 0 Å². The van der Waals surface area contributed by atoms with Gasteiger partial charge in [0, 0.05) is 19.3 Å². The Hall–Kier alpha value is -2.09. The Morgan fingerprint density at radius 3 is 3.00 bits per heavy atom. The van der Waals surface area contributed by atoms with Gasteiger partial charge in [-0.25, -0.2) is 9.78 Å². The maximum atomic E-state index is 12.0. The molecule has 0 unspecified atom stereocenters. The number of aryl methyl sites for hydroxylation is 2. The predicted octanol–water partition coefficient (Wildman–Crippen LogP) is 1.13. The first-order chi connectivity index (χ1) is 7.79. The molecule has 2 aromatic rings. The summed E-state index contributed by atoms with van der Waals surface area (Å²) in [6, 6.07) is 5.70. The monoisotopic (exact) mass is 216 g/mol. The predicted molar refractivity (Wildman–Crippen MR) is 59.9 cm³/mol. The summed E-state index contributed by atoms with van der Waals surface area (Å²) < 4.78 is 3.22. The minimum atomic E-state index is -0.0912. The number of imidazole rings is 1. The van der Waals surface area contributed by atoms with E-state index in [2.05, 4.69) is 4.98 Å². The van der Waals surface area contributed by atoms with Crippen LogP contribution in [0.25, 0.3) is 11.2 Å². The van der Waals surface area contributed by atoms with Crippen molar-refractivity contribution in [3.63, 3.8) is 0 Å². The molecule has 5 nitrogen and oxygen atoms in total. The van der Waals surface area contributed by atoms with Crippen molar-refractivity contribution in [1.82, 2.24) is 14.1 Å². The lowest BCUT2D eigenvalue weighted by Crippen LogP contribution is -2.23. The van der Waals surface area contributed by atoms with Crippen molar-refractivity contribution in [3.8, 4) is 6.07 Å². The lowest BCUT2D eigenvalue weighted by molar-refractivity contribution is 0.649. The molecule has 0 bridgehead atoms. The second-order valence-electron chi connectivity index (χ2n) is 3.43. The molecule has 0 spiro atoms. The molecule has 2 heterocycles. The van der Waals surface area contributed by atoms with Crippen LogP contribution in [0.5, 0.6) is 0 Å². The number of hydrogen-bond donors (Lipinski definition) is 0. The maximum Gasteiger partial charge on any atom is 0.330 e. The highest BCUT2D eigenvalue weighted by atomic mass is 16.1. The summed E-state index contributed by atoms with van der Waals surface area (Å²) in [4.78, 5) is 16.2. The summed E-state index contributed by atoms with van der Waals surface area (Å²) in [7, 11) is 0. The average Bonchev–Trinajstić information content (AvgIpc) is 2.58. The van der Waals surface area contributed by atoms with E-state index in [-0.39, 0.29) is 5.69 Å². The van der Waals surface area contributed by atoms with E-state index in [0.29, 0.717) is 25.2 Å². The smallest absolute Gasteiger partial charge is 0.289 e. The van der Waals surface area contributed by atoms with Crippen LogP contribution < -0.4 is 5.69 Å². The Labute approximate surface area is 92.6 Å². The molecular weight excluding hydrogens is 204 g/mol. The summed E-state index contributed by atoms with van der Waals surface area (Å²) in [6.45, 7) is 2.92. The number of aromatic nitrogens is 3. The van der Waals surface area contributed by atoms with E-state index in [1.54, 1.807) is 21.4 Å². The topological polar surface area (TPSA) is 63.6 Å². The summed E-state index contributed by atoms with van der Waals surface area (Å²) >= 11 is 0. The molecule has 0 saturated carbocycles. The molecule has 0 N–H and O–H groups in total. The molecule has 0 aromatic carbocycles. The van der Waals surface area contributed by atoms with Crippen molar-refractivity contribution in [2.75, 3.05) is 0 Å². The molecule has 2 rings (SSSR count). The van der Waals surface area contributed by atoms with Crippen LogP contribution in [-0.4, -0.2) is 14.1 Å². The van der Waals surface area contributed by atoms with Crippen LogP contribution in [0.4, 0.5) is 0 Å². The third kappa shape index (κ3) is 1.48. The number of hydrogen-bond acceptors (Lipinski definition) is 3. The number of fused-ring (bicyclic) bond motifs is 1. The zero-order valence-electron chi connectivity index (χ0n) is 9.05. The van der Waals surface area contributed by atoms with Gasteiger partial charge in [-0.3, -0.25) is 9.13 Å². The SMILES string of the molecule is CCn1c(=O)n(CCC#N)c2cccnc21. The summed E-state index contributed by atoms with van der Waals surface area (Å²) in [5.41, 5.74) is 1.39. The number of nitrogens with zero attached hydrogens (tertiary/aromatic N) is 4. The summed E-state index contributed by atoms with van der Waals surface area (Å²) in [6.07, 6.45) is 2.00. The quantitative estimate of drug-likeness (QED) is 0.772. The molecule has 5 heteroatoms. The fourth-order valence-corrected chi connectivity index (χ4v) is 1.81. The molecule has 0 radical (unpaired) electrons. The Morgan fingerprint density at radius 2 is 2.31 bits per heavy atom. The van der Waals surface area contributed by atoms with Crippen LogP contribution in [0.15, 0.2) is 23.1 Å². The number of nitriles is 1. The first-order valence-corrected chi connectivity index (χ1v) is 5.20. The number of pyridine rings is 1. The molecule has 2 aromatic heterocycles. The average molecular weight is 216 g/mol. The van der Waals surface area contributed by atoms with Gasteiger partial charge in [0.1, 0.15) is 0 Å². The van der Waals surface area contributed by atoms with Crippen molar-refractivity contribution >= 4 is 11.2 Å². The fraction of sp³-hybridized carbons (Fsp3) is 0.364. The highest BCUT2D eigenvalue weighted by Gasteiger charge is 2.11. The Kier molecular flexibility index (Phi) is 2.73. The molecule has 0 amide bonds. The molecule has 0 aliphatic carbocycles. The second-order valence-corrected chi connectivity index (χ2v) is 3.43. The molecule has 16 heavy (non-hydrogen) atoms. The molecule has 0 atom stereocenters. The summed E-state index contributed by atoms with van der Waals surface area (Å²) in [5, 5.41) is 8.57. The van der Waals surface area contributed by atoms with E-state index >= 15 is 0 Å². The van der Waals surface area contributed by atoms with Crippen molar-refractivity contribution in [2.24, 2.45) is 0 Å². The molecular formula is C11H12N4O. The highest BCUT2D eigenvalue weighted by Crippen LogP contribution is 2.09. The van der Waals surface area contributed by atoms with E-state index < -0.39 is 0 Å².